The SMILES string of the molecule is CN=C([NH-])[N-]C(C)C.[Ru+].[Ru+].[Ru].[Ru]. The number of rotatable bonds is 1. The Morgan fingerprint density at radius 3 is 1.67 bits per heavy atom. The van der Waals surface area contributed by atoms with Crippen molar-refractivity contribution in [3.8, 4) is 0 Å². The van der Waals surface area contributed by atoms with Gasteiger partial charge in [0, 0.05) is 39.0 Å². The third-order valence-electron chi connectivity index (χ3n) is 0.592. The summed E-state index contributed by atoms with van der Waals surface area (Å²) >= 11 is 0. The second-order valence-electron chi connectivity index (χ2n) is 1.77. The molecule has 0 aliphatic heterocycles. The van der Waals surface area contributed by atoms with Crippen LogP contribution in [0, 0.1) is 0 Å². The summed E-state index contributed by atoms with van der Waals surface area (Å²) in [4.78, 5) is 3.55. The Morgan fingerprint density at radius 2 is 1.58 bits per heavy atom. The molecule has 0 aromatic carbocycles. The van der Waals surface area contributed by atoms with Crippen molar-refractivity contribution in [3.05, 3.63) is 11.1 Å². The molecule has 0 aliphatic rings. The maximum Gasteiger partial charge on any atom is 1.00 e. The average Bonchev–Trinajstić information content (AvgIpc) is 1.65. The van der Waals surface area contributed by atoms with Gasteiger partial charge in [0.15, 0.2) is 0 Å². The zero-order valence-corrected chi connectivity index (χ0v) is 13.8. The zero-order valence-electron chi connectivity index (χ0n) is 6.89. The first kappa shape index (κ1) is 29.2. The molecule has 1 N–H and O–H groups in total. The largest absolute Gasteiger partial charge is 1.00 e. The topological polar surface area (TPSA) is 50.3 Å². The van der Waals surface area contributed by atoms with Crippen LogP contribution in [-0.4, -0.2) is 19.0 Å². The van der Waals surface area contributed by atoms with Gasteiger partial charge in [-0.15, -0.1) is 0 Å². The first-order chi connectivity index (χ1) is 3.66. The Morgan fingerprint density at radius 1 is 1.25 bits per heavy atom. The molecular weight excluding hydrogens is 506 g/mol. The van der Waals surface area contributed by atoms with E-state index in [0.717, 1.165) is 0 Å². The first-order valence-electron chi connectivity index (χ1n) is 2.56. The van der Waals surface area contributed by atoms with Gasteiger partial charge in [-0.2, -0.15) is 5.96 Å². The molecule has 0 saturated carbocycles. The molecule has 0 fully saturated rings. The molecule has 0 unspecified atom stereocenters. The van der Waals surface area contributed by atoms with Gasteiger partial charge < -0.3 is 16.0 Å². The first-order valence-corrected chi connectivity index (χ1v) is 2.56. The predicted octanol–water partition coefficient (Wildman–Crippen LogP) is 1.80. The Balaban J connectivity index is -0.0000000408. The van der Waals surface area contributed by atoms with E-state index in [1.165, 1.54) is 0 Å². The summed E-state index contributed by atoms with van der Waals surface area (Å²) in [7, 11) is 1.56. The van der Waals surface area contributed by atoms with Crippen LogP contribution in [0.4, 0.5) is 0 Å². The van der Waals surface area contributed by atoms with Crippen molar-refractivity contribution in [1.29, 1.82) is 0 Å². The fourth-order valence-electron chi connectivity index (χ4n) is 0.302. The number of nitrogens with one attached hydrogen (secondary N) is 1. The second kappa shape index (κ2) is 18.5. The van der Waals surface area contributed by atoms with Gasteiger partial charge in [0.2, 0.25) is 0 Å². The van der Waals surface area contributed by atoms with E-state index in [-0.39, 0.29) is 89.9 Å². The third-order valence-corrected chi connectivity index (χ3v) is 0.592. The average molecular weight is 517 g/mol. The van der Waals surface area contributed by atoms with Gasteiger partial charge in [0.1, 0.15) is 0 Å². The molecule has 2 radical (unpaired) electrons. The minimum absolute atomic E-state index is 0. The van der Waals surface area contributed by atoms with Gasteiger partial charge in [-0.1, -0.05) is 26.9 Å². The van der Waals surface area contributed by atoms with Crippen molar-refractivity contribution < 1.29 is 77.9 Å². The molecule has 0 amide bonds. The summed E-state index contributed by atoms with van der Waals surface area (Å²) in [5.41, 5.74) is 6.93. The van der Waals surface area contributed by atoms with Gasteiger partial charge in [0.25, 0.3) is 0 Å². The Bertz CT molecular complexity index is 96.7. The van der Waals surface area contributed by atoms with E-state index in [1.54, 1.807) is 7.05 Å². The molecule has 3 nitrogen and oxygen atoms in total. The van der Waals surface area contributed by atoms with Gasteiger partial charge >= 0.3 is 39.0 Å². The third kappa shape index (κ3) is 22.6. The molecule has 0 saturated heterocycles. The minimum atomic E-state index is 0. The standard InChI is InChI=1S/C5H11N3.4Ru/c1-4(2)8-5(6)7-3;;;;/h4H,1-3H3,(H-2,6,7,8);;;;/q-2;;;2*+1. The monoisotopic (exact) mass is 521 g/mol. The second-order valence-corrected chi connectivity index (χ2v) is 1.77. The summed E-state index contributed by atoms with van der Waals surface area (Å²) in [6, 6.07) is 0.186. The van der Waals surface area contributed by atoms with Crippen molar-refractivity contribution in [3.63, 3.8) is 0 Å². The van der Waals surface area contributed by atoms with E-state index in [2.05, 4.69) is 10.3 Å². The van der Waals surface area contributed by atoms with E-state index in [9.17, 15) is 0 Å². The fraction of sp³-hybridized carbons (Fsp3) is 0.800. The molecule has 0 heterocycles. The maximum atomic E-state index is 6.93. The summed E-state index contributed by atoms with van der Waals surface area (Å²) in [5.74, 6) is 0.125. The van der Waals surface area contributed by atoms with Crippen LogP contribution < -0.4 is 0 Å². The normalized spacial score (nSPS) is 8.17. The molecule has 0 aromatic rings. The van der Waals surface area contributed by atoms with Crippen LogP contribution in [0.1, 0.15) is 13.8 Å². The van der Waals surface area contributed by atoms with Crippen molar-refractivity contribution in [1.82, 2.24) is 0 Å². The van der Waals surface area contributed by atoms with E-state index in [4.69, 9.17) is 5.73 Å². The van der Waals surface area contributed by atoms with E-state index in [0.29, 0.717) is 0 Å². The molecule has 0 bridgehead atoms. The maximum absolute atomic E-state index is 6.93. The fourth-order valence-corrected chi connectivity index (χ4v) is 0.302. The van der Waals surface area contributed by atoms with E-state index >= 15 is 0 Å². The number of hydrogen-bond donors (Lipinski definition) is 0. The molecule has 78 valence electrons. The van der Waals surface area contributed by atoms with E-state index in [1.807, 2.05) is 13.8 Å². The van der Waals surface area contributed by atoms with Gasteiger partial charge in [-0.05, 0) is 0 Å². The predicted molar refractivity (Wildman–Crippen MR) is 36.2 cm³/mol. The summed E-state index contributed by atoms with van der Waals surface area (Å²) in [6.07, 6.45) is 0. The molecule has 0 aromatic heterocycles. The van der Waals surface area contributed by atoms with Crippen LogP contribution in [0.25, 0.3) is 11.1 Å². The molecule has 0 aliphatic carbocycles. The van der Waals surface area contributed by atoms with Gasteiger partial charge in [0.05, 0.1) is 0 Å². The Hall–Kier alpha value is 1.76. The number of aliphatic imine (C=N–C) groups is 1. The Kier molecular flexibility index (Phi) is 45.1. The minimum Gasteiger partial charge on any atom is -0.567 e. The smallest absolute Gasteiger partial charge is 0.567 e. The molecule has 7 heteroatoms. The Labute approximate surface area is 126 Å². The quantitative estimate of drug-likeness (QED) is 0.290. The van der Waals surface area contributed by atoms with Crippen LogP contribution in [0.5, 0.6) is 0 Å². The van der Waals surface area contributed by atoms with Gasteiger partial charge in [-0.3, -0.25) is 0 Å². The molecule has 0 atom stereocenters. The summed E-state index contributed by atoms with van der Waals surface area (Å²) in [5, 5.41) is 3.81. The number of nitrogens with zero attached hydrogens (tertiary/aromatic N) is 2. The van der Waals surface area contributed by atoms with Crippen LogP contribution in [0.15, 0.2) is 4.99 Å². The van der Waals surface area contributed by atoms with Crippen molar-refractivity contribution in [2.45, 2.75) is 19.9 Å². The van der Waals surface area contributed by atoms with Crippen molar-refractivity contribution in [2.24, 2.45) is 4.99 Å². The van der Waals surface area contributed by atoms with Crippen molar-refractivity contribution >= 4 is 5.96 Å². The molecule has 12 heavy (non-hydrogen) atoms. The number of hydrogen-bond acceptors (Lipinski definition) is 1. The number of guanidine groups is 1. The van der Waals surface area contributed by atoms with Crippen LogP contribution >= 0.6 is 0 Å². The zero-order chi connectivity index (χ0) is 6.57. The summed E-state index contributed by atoms with van der Waals surface area (Å²) < 4.78 is 0. The van der Waals surface area contributed by atoms with Crippen molar-refractivity contribution in [2.75, 3.05) is 7.05 Å². The molecular formula is C5H11N3Ru4. The van der Waals surface area contributed by atoms with Crippen LogP contribution in [0.3, 0.4) is 0 Å². The van der Waals surface area contributed by atoms with Crippen LogP contribution in [0.2, 0.25) is 0 Å². The summed E-state index contributed by atoms with van der Waals surface area (Å²) in [6.45, 7) is 3.83. The van der Waals surface area contributed by atoms with Crippen LogP contribution in [-0.2, 0) is 77.9 Å². The van der Waals surface area contributed by atoms with Gasteiger partial charge in [-0.25, -0.2) is 0 Å². The molecule has 0 spiro atoms. The molecule has 0 rings (SSSR count). The van der Waals surface area contributed by atoms with E-state index < -0.39 is 0 Å².